The summed E-state index contributed by atoms with van der Waals surface area (Å²) >= 11 is 0. The molecular weight excluding hydrogens is 438 g/mol. The lowest BCUT2D eigenvalue weighted by Crippen LogP contribution is -2.40. The minimum Gasteiger partial charge on any atom is -0.495 e. The zero-order chi connectivity index (χ0) is 24.1. The number of hydrogen-bond acceptors (Lipinski definition) is 7. The van der Waals surface area contributed by atoms with Gasteiger partial charge in [0.05, 0.1) is 19.2 Å². The predicted molar refractivity (Wildman–Crippen MR) is 117 cm³/mol. The van der Waals surface area contributed by atoms with E-state index in [-0.39, 0.29) is 17.9 Å². The highest BCUT2D eigenvalue weighted by atomic mass is 32.2. The van der Waals surface area contributed by atoms with Crippen LogP contribution in [0.3, 0.4) is 0 Å². The number of benzene rings is 2. The van der Waals surface area contributed by atoms with E-state index in [0.29, 0.717) is 5.69 Å². The Labute approximate surface area is 186 Å². The van der Waals surface area contributed by atoms with Crippen LogP contribution in [0.5, 0.6) is 5.75 Å². The molecule has 0 aliphatic heterocycles. The third-order valence-electron chi connectivity index (χ3n) is 4.53. The van der Waals surface area contributed by atoms with E-state index >= 15 is 0 Å². The van der Waals surface area contributed by atoms with E-state index in [9.17, 15) is 22.8 Å². The fourth-order valence-electron chi connectivity index (χ4n) is 2.81. The molecule has 11 heteroatoms. The summed E-state index contributed by atoms with van der Waals surface area (Å²) in [5, 5.41) is 10.2. The Hall–Kier alpha value is -3.44. The van der Waals surface area contributed by atoms with Crippen LogP contribution in [-0.2, 0) is 24.3 Å². The van der Waals surface area contributed by atoms with Crippen LogP contribution in [0.2, 0.25) is 0 Å². The highest BCUT2D eigenvalue weighted by molar-refractivity contribution is 7.89. The van der Waals surface area contributed by atoms with Crippen molar-refractivity contribution in [3.05, 3.63) is 53.1 Å². The summed E-state index contributed by atoms with van der Waals surface area (Å²) < 4.78 is 33.4. The standard InChI is InChI=1S/C21H25N3O7S/c1-12-6-5-7-13(2)19(12)24-18(25)11-23-20(26)14(3)31-21(27)15-8-9-16(30-4)17(10-15)32(22,28)29/h5-10,14H,11H2,1-4H3,(H,23,26)(H,24,25)(H2,22,28,29). The highest BCUT2D eigenvalue weighted by Gasteiger charge is 2.23. The molecule has 2 aromatic carbocycles. The Balaban J connectivity index is 1.97. The van der Waals surface area contributed by atoms with E-state index in [1.807, 2.05) is 32.0 Å². The van der Waals surface area contributed by atoms with Gasteiger partial charge >= 0.3 is 5.97 Å². The molecule has 0 heterocycles. The van der Waals surface area contributed by atoms with Gasteiger partial charge in [0.15, 0.2) is 6.10 Å². The van der Waals surface area contributed by atoms with Crippen LogP contribution in [0.15, 0.2) is 41.3 Å². The maximum absolute atomic E-state index is 12.3. The zero-order valence-electron chi connectivity index (χ0n) is 18.1. The number of ether oxygens (including phenoxy) is 2. The molecular formula is C21H25N3O7S. The molecule has 4 N–H and O–H groups in total. The number of hydrogen-bond donors (Lipinski definition) is 3. The molecule has 2 amide bonds. The summed E-state index contributed by atoms with van der Waals surface area (Å²) in [4.78, 5) is 36.3. The molecule has 32 heavy (non-hydrogen) atoms. The van der Waals surface area contributed by atoms with Gasteiger partial charge in [0.25, 0.3) is 5.91 Å². The first-order valence-corrected chi connectivity index (χ1v) is 11.0. The van der Waals surface area contributed by atoms with E-state index < -0.39 is 38.8 Å². The van der Waals surface area contributed by atoms with E-state index in [4.69, 9.17) is 14.6 Å². The summed E-state index contributed by atoms with van der Waals surface area (Å²) in [5.41, 5.74) is 2.29. The van der Waals surface area contributed by atoms with E-state index in [1.54, 1.807) is 0 Å². The van der Waals surface area contributed by atoms with Crippen LogP contribution < -0.4 is 20.5 Å². The van der Waals surface area contributed by atoms with Crippen LogP contribution in [0, 0.1) is 13.8 Å². The summed E-state index contributed by atoms with van der Waals surface area (Å²) in [6, 6.07) is 9.09. The van der Waals surface area contributed by atoms with Crippen molar-refractivity contribution in [2.75, 3.05) is 19.0 Å². The van der Waals surface area contributed by atoms with Crippen molar-refractivity contribution >= 4 is 33.5 Å². The Kier molecular flexibility index (Phi) is 7.95. The van der Waals surface area contributed by atoms with Crippen molar-refractivity contribution in [1.82, 2.24) is 5.32 Å². The molecule has 2 rings (SSSR count). The lowest BCUT2D eigenvalue weighted by molar-refractivity contribution is -0.130. The molecule has 172 valence electrons. The molecule has 0 fully saturated rings. The molecule has 0 saturated heterocycles. The van der Waals surface area contributed by atoms with E-state index in [1.165, 1.54) is 26.2 Å². The first kappa shape index (κ1) is 24.8. The summed E-state index contributed by atoms with van der Waals surface area (Å²) in [7, 11) is -2.90. The number of anilines is 1. The second kappa shape index (κ2) is 10.2. The quantitative estimate of drug-likeness (QED) is 0.498. The van der Waals surface area contributed by atoms with Gasteiger partial charge in [-0.15, -0.1) is 0 Å². The van der Waals surface area contributed by atoms with Crippen molar-refractivity contribution < 1.29 is 32.3 Å². The smallest absolute Gasteiger partial charge is 0.338 e. The molecule has 10 nitrogen and oxygen atoms in total. The van der Waals surface area contributed by atoms with Crippen molar-refractivity contribution in [3.8, 4) is 5.75 Å². The summed E-state index contributed by atoms with van der Waals surface area (Å²) in [6.45, 7) is 4.69. The highest BCUT2D eigenvalue weighted by Crippen LogP contribution is 2.24. The molecule has 1 unspecified atom stereocenters. The van der Waals surface area contributed by atoms with Crippen LogP contribution >= 0.6 is 0 Å². The molecule has 0 aliphatic carbocycles. The van der Waals surface area contributed by atoms with Crippen LogP contribution in [0.1, 0.15) is 28.4 Å². The van der Waals surface area contributed by atoms with Gasteiger partial charge in [-0.1, -0.05) is 18.2 Å². The van der Waals surface area contributed by atoms with Gasteiger partial charge in [-0.3, -0.25) is 9.59 Å². The van der Waals surface area contributed by atoms with Crippen LogP contribution in [0.25, 0.3) is 0 Å². The van der Waals surface area contributed by atoms with Crippen molar-refractivity contribution in [1.29, 1.82) is 0 Å². The Morgan fingerprint density at radius 1 is 1.09 bits per heavy atom. The third kappa shape index (κ3) is 6.28. The second-order valence-electron chi connectivity index (χ2n) is 6.99. The molecule has 0 saturated carbocycles. The Morgan fingerprint density at radius 2 is 1.72 bits per heavy atom. The average Bonchev–Trinajstić information content (AvgIpc) is 2.73. The first-order chi connectivity index (χ1) is 14.9. The SMILES string of the molecule is COc1ccc(C(=O)OC(C)C(=O)NCC(=O)Nc2c(C)cccc2C)cc1S(N)(=O)=O. The largest absolute Gasteiger partial charge is 0.495 e. The van der Waals surface area contributed by atoms with Gasteiger partial charge in [0.1, 0.15) is 10.6 Å². The van der Waals surface area contributed by atoms with Gasteiger partial charge in [-0.05, 0) is 50.1 Å². The minimum atomic E-state index is -4.15. The number of nitrogens with one attached hydrogen (secondary N) is 2. The first-order valence-electron chi connectivity index (χ1n) is 9.49. The number of para-hydroxylation sites is 1. The topological polar surface area (TPSA) is 154 Å². The lowest BCUT2D eigenvalue weighted by Gasteiger charge is -2.15. The Bertz CT molecular complexity index is 1130. The number of nitrogens with two attached hydrogens (primary N) is 1. The fraction of sp³-hybridized carbons (Fsp3) is 0.286. The van der Waals surface area contributed by atoms with Crippen molar-refractivity contribution in [3.63, 3.8) is 0 Å². The van der Waals surface area contributed by atoms with E-state index in [2.05, 4.69) is 10.6 Å². The summed E-state index contributed by atoms with van der Waals surface area (Å²) in [5.74, 6) is -2.12. The normalized spacial score (nSPS) is 11.9. The van der Waals surface area contributed by atoms with Crippen molar-refractivity contribution in [2.24, 2.45) is 5.14 Å². The molecule has 1 atom stereocenters. The number of carbonyl (C=O) groups excluding carboxylic acids is 3. The van der Waals surface area contributed by atoms with Gasteiger partial charge in [-0.2, -0.15) is 0 Å². The predicted octanol–water partition coefficient (Wildman–Crippen LogP) is 1.26. The Morgan fingerprint density at radius 3 is 2.28 bits per heavy atom. The molecule has 2 aromatic rings. The molecule has 0 aliphatic rings. The monoisotopic (exact) mass is 463 g/mol. The van der Waals surface area contributed by atoms with Gasteiger partial charge in [0, 0.05) is 5.69 Å². The molecule has 0 bridgehead atoms. The van der Waals surface area contributed by atoms with Crippen molar-refractivity contribution in [2.45, 2.75) is 31.8 Å². The number of primary sulfonamides is 1. The summed E-state index contributed by atoms with van der Waals surface area (Å²) in [6.07, 6.45) is -1.24. The number of esters is 1. The van der Waals surface area contributed by atoms with E-state index in [0.717, 1.165) is 17.2 Å². The maximum Gasteiger partial charge on any atom is 0.338 e. The van der Waals surface area contributed by atoms with Crippen LogP contribution in [-0.4, -0.2) is 46.0 Å². The number of aryl methyl sites for hydroxylation is 2. The second-order valence-corrected chi connectivity index (χ2v) is 8.52. The lowest BCUT2D eigenvalue weighted by atomic mass is 10.1. The van der Waals surface area contributed by atoms with Gasteiger partial charge in [-0.25, -0.2) is 18.4 Å². The molecule has 0 spiro atoms. The molecule has 0 aromatic heterocycles. The maximum atomic E-state index is 12.3. The van der Waals surface area contributed by atoms with Gasteiger partial charge in [0.2, 0.25) is 15.9 Å². The molecule has 0 radical (unpaired) electrons. The minimum absolute atomic E-state index is 0.0373. The van der Waals surface area contributed by atoms with Gasteiger partial charge < -0.3 is 20.1 Å². The number of amides is 2. The number of rotatable bonds is 8. The average molecular weight is 464 g/mol. The number of carbonyl (C=O) groups is 3. The number of methoxy groups -OCH3 is 1. The fourth-order valence-corrected chi connectivity index (χ4v) is 3.54. The third-order valence-corrected chi connectivity index (χ3v) is 5.46. The number of sulfonamides is 1. The zero-order valence-corrected chi connectivity index (χ0v) is 18.9. The van der Waals surface area contributed by atoms with Crippen LogP contribution in [0.4, 0.5) is 5.69 Å².